The van der Waals surface area contributed by atoms with Crippen LogP contribution in [0.15, 0.2) is 36.4 Å². The van der Waals surface area contributed by atoms with Gasteiger partial charge in [-0.15, -0.1) is 0 Å². The maximum absolute atomic E-state index is 13.9. The van der Waals surface area contributed by atoms with Crippen molar-refractivity contribution in [2.24, 2.45) is 0 Å². The molecule has 2 aromatic carbocycles. The van der Waals surface area contributed by atoms with Crippen LogP contribution in [0.5, 0.6) is 5.75 Å². The Balaban J connectivity index is 1.45. The number of amides is 1. The van der Waals surface area contributed by atoms with E-state index >= 15 is 0 Å². The normalized spacial score (nSPS) is 12.9. The van der Waals surface area contributed by atoms with Crippen LogP contribution in [-0.2, 0) is 24.3 Å². The van der Waals surface area contributed by atoms with Gasteiger partial charge in [0, 0.05) is 17.1 Å². The molecule has 31 heavy (non-hydrogen) atoms. The Kier molecular flexibility index (Phi) is 6.46. The second-order valence-electron chi connectivity index (χ2n) is 7.17. The number of rotatable bonds is 6. The van der Waals surface area contributed by atoms with Crippen LogP contribution in [-0.4, -0.2) is 29.0 Å². The summed E-state index contributed by atoms with van der Waals surface area (Å²) in [7, 11) is 0. The summed E-state index contributed by atoms with van der Waals surface area (Å²) < 4.78 is 26.1. The lowest BCUT2D eigenvalue weighted by molar-refractivity contribution is -0.0172. The van der Waals surface area contributed by atoms with Gasteiger partial charge in [0.05, 0.1) is 24.4 Å². The van der Waals surface area contributed by atoms with Gasteiger partial charge in [0.1, 0.15) is 16.7 Å². The number of aromatic nitrogens is 2. The smallest absolute Gasteiger partial charge is 0.256 e. The zero-order valence-electron chi connectivity index (χ0n) is 16.8. The molecule has 3 aromatic rings. The van der Waals surface area contributed by atoms with E-state index in [0.717, 1.165) is 5.56 Å². The van der Waals surface area contributed by atoms with Crippen molar-refractivity contribution >= 4 is 29.1 Å². The number of fused-ring (bicyclic) bond motifs is 1. The van der Waals surface area contributed by atoms with Gasteiger partial charge in [-0.2, -0.15) is 5.10 Å². The van der Waals surface area contributed by atoms with Crippen LogP contribution in [0.2, 0.25) is 10.2 Å². The van der Waals surface area contributed by atoms with Gasteiger partial charge in [0.2, 0.25) is 0 Å². The number of ether oxygens (including phenoxy) is 2. The molecule has 162 valence electrons. The Hall–Kier alpha value is -2.61. The molecule has 0 atom stereocenters. The number of halogens is 3. The molecule has 0 bridgehead atoms. The third kappa shape index (κ3) is 4.69. The highest BCUT2D eigenvalue weighted by molar-refractivity contribution is 6.33. The van der Waals surface area contributed by atoms with Crippen molar-refractivity contribution in [3.63, 3.8) is 0 Å². The maximum Gasteiger partial charge on any atom is 0.256 e. The van der Waals surface area contributed by atoms with E-state index in [1.54, 1.807) is 17.7 Å². The number of nitrogens with zero attached hydrogens (tertiary/aromatic N) is 2. The molecule has 0 unspecified atom stereocenters. The van der Waals surface area contributed by atoms with Gasteiger partial charge in [-0.25, -0.2) is 9.07 Å². The second kappa shape index (κ2) is 9.26. The van der Waals surface area contributed by atoms with Gasteiger partial charge in [-0.05, 0) is 42.7 Å². The van der Waals surface area contributed by atoms with Crippen LogP contribution in [0.4, 0.5) is 4.39 Å². The van der Waals surface area contributed by atoms with Crippen LogP contribution in [0.3, 0.4) is 0 Å². The average molecular weight is 464 g/mol. The van der Waals surface area contributed by atoms with Crippen molar-refractivity contribution in [3.05, 3.63) is 80.3 Å². The minimum Gasteiger partial charge on any atom is -0.467 e. The van der Waals surface area contributed by atoms with E-state index in [2.05, 4.69) is 10.4 Å². The molecule has 1 amide bonds. The lowest BCUT2D eigenvalue weighted by Gasteiger charge is -2.21. The number of benzene rings is 2. The second-order valence-corrected chi connectivity index (χ2v) is 7.94. The first-order valence-corrected chi connectivity index (χ1v) is 10.5. The Morgan fingerprint density at radius 1 is 1.26 bits per heavy atom. The number of carbonyl (C=O) groups is 1. The number of aryl methyl sites for hydroxylation is 1. The van der Waals surface area contributed by atoms with E-state index in [-0.39, 0.29) is 30.2 Å². The van der Waals surface area contributed by atoms with E-state index in [1.807, 2.05) is 18.2 Å². The van der Waals surface area contributed by atoms with Crippen LogP contribution >= 0.6 is 23.2 Å². The summed E-state index contributed by atoms with van der Waals surface area (Å²) in [6.07, 6.45) is 0.399. The molecule has 6 nitrogen and oxygen atoms in total. The zero-order valence-corrected chi connectivity index (χ0v) is 18.3. The topological polar surface area (TPSA) is 65.4 Å². The third-order valence-electron chi connectivity index (χ3n) is 5.00. The number of nitrogens with one attached hydrogen (secondary N) is 1. The van der Waals surface area contributed by atoms with Gasteiger partial charge in [0.25, 0.3) is 5.91 Å². The van der Waals surface area contributed by atoms with Crippen molar-refractivity contribution in [1.29, 1.82) is 0 Å². The molecule has 1 aliphatic rings. The minimum atomic E-state index is -0.367. The lowest BCUT2D eigenvalue weighted by Crippen LogP contribution is -2.27. The summed E-state index contributed by atoms with van der Waals surface area (Å²) in [5.41, 5.74) is 3.00. The van der Waals surface area contributed by atoms with Crippen molar-refractivity contribution in [1.82, 2.24) is 15.1 Å². The fraction of sp³-hybridized carbons (Fsp3) is 0.273. The molecule has 4 rings (SSSR count). The van der Waals surface area contributed by atoms with Crippen molar-refractivity contribution < 1.29 is 18.7 Å². The van der Waals surface area contributed by atoms with E-state index in [9.17, 15) is 9.18 Å². The van der Waals surface area contributed by atoms with Gasteiger partial charge < -0.3 is 14.8 Å². The predicted molar refractivity (Wildman–Crippen MR) is 115 cm³/mol. The summed E-state index contributed by atoms with van der Waals surface area (Å²) in [6, 6.07) is 10.2. The fourth-order valence-corrected chi connectivity index (χ4v) is 4.06. The van der Waals surface area contributed by atoms with Crippen LogP contribution in [0, 0.1) is 12.7 Å². The van der Waals surface area contributed by atoms with Crippen LogP contribution in [0.25, 0.3) is 0 Å². The van der Waals surface area contributed by atoms with Gasteiger partial charge >= 0.3 is 0 Å². The number of hydrogen-bond acceptors (Lipinski definition) is 4. The Bertz CT molecular complexity index is 1130. The molecule has 0 saturated carbocycles. The molecule has 9 heteroatoms. The minimum absolute atomic E-state index is 0.122. The molecule has 0 saturated heterocycles. The van der Waals surface area contributed by atoms with Crippen LogP contribution < -0.4 is 10.1 Å². The summed E-state index contributed by atoms with van der Waals surface area (Å²) in [5, 5.41) is 8.05. The van der Waals surface area contributed by atoms with E-state index in [1.165, 1.54) is 12.1 Å². The van der Waals surface area contributed by atoms with Gasteiger partial charge in [-0.3, -0.25) is 4.79 Å². The molecule has 2 heterocycles. The van der Waals surface area contributed by atoms with Gasteiger partial charge in [-0.1, -0.05) is 41.4 Å². The lowest BCUT2D eigenvalue weighted by atomic mass is 10.1. The van der Waals surface area contributed by atoms with Crippen molar-refractivity contribution in [3.8, 4) is 5.75 Å². The van der Waals surface area contributed by atoms with Gasteiger partial charge in [0.15, 0.2) is 6.79 Å². The quantitative estimate of drug-likeness (QED) is 0.583. The molecule has 1 aliphatic heterocycles. The predicted octanol–water partition coefficient (Wildman–Crippen LogP) is 4.52. The highest BCUT2D eigenvalue weighted by atomic mass is 35.5. The molecular formula is C22H20Cl2FN3O3. The first kappa shape index (κ1) is 21.6. The molecule has 1 N–H and O–H groups in total. The van der Waals surface area contributed by atoms with E-state index < -0.39 is 0 Å². The summed E-state index contributed by atoms with van der Waals surface area (Å²) >= 11 is 12.7. The highest BCUT2D eigenvalue weighted by Crippen LogP contribution is 2.30. The highest BCUT2D eigenvalue weighted by Gasteiger charge is 2.21. The molecule has 0 spiro atoms. The largest absolute Gasteiger partial charge is 0.467 e. The first-order valence-electron chi connectivity index (χ1n) is 9.70. The maximum atomic E-state index is 13.9. The third-order valence-corrected chi connectivity index (χ3v) is 5.75. The SMILES string of the molecule is Cc1nn(Cc2ccccc2Cl)c(Cl)c1C(=O)NCCc1cc(F)cc2c1OCOC2. The Morgan fingerprint density at radius 3 is 2.87 bits per heavy atom. The Labute approximate surface area is 188 Å². The fourth-order valence-electron chi connectivity index (χ4n) is 3.55. The molecular weight excluding hydrogens is 444 g/mol. The van der Waals surface area contributed by atoms with E-state index in [4.69, 9.17) is 32.7 Å². The number of hydrogen-bond donors (Lipinski definition) is 1. The monoisotopic (exact) mass is 463 g/mol. The molecule has 1 aromatic heterocycles. The average Bonchev–Trinajstić information content (AvgIpc) is 3.02. The van der Waals surface area contributed by atoms with Crippen molar-refractivity contribution in [2.75, 3.05) is 13.3 Å². The van der Waals surface area contributed by atoms with Crippen molar-refractivity contribution in [2.45, 2.75) is 26.5 Å². The molecule has 0 fully saturated rings. The van der Waals surface area contributed by atoms with E-state index in [0.29, 0.717) is 52.7 Å². The standard InChI is InChI=1S/C22H20Cl2FN3O3/c1-13-19(21(24)28(27-13)10-15-4-2-3-5-18(15)23)22(29)26-7-6-14-8-17(25)9-16-11-30-12-31-20(14)16/h2-5,8-9H,6-7,10-12H2,1H3,(H,26,29). The summed E-state index contributed by atoms with van der Waals surface area (Å²) in [4.78, 5) is 12.8. The molecule has 0 radical (unpaired) electrons. The van der Waals surface area contributed by atoms with Crippen LogP contribution in [0.1, 0.15) is 32.7 Å². The summed E-state index contributed by atoms with van der Waals surface area (Å²) in [5.74, 6) is -0.0972. The number of carbonyl (C=O) groups excluding carboxylic acids is 1. The summed E-state index contributed by atoms with van der Waals surface area (Å²) in [6.45, 7) is 2.77. The zero-order chi connectivity index (χ0) is 22.0. The Morgan fingerprint density at radius 2 is 2.06 bits per heavy atom. The first-order chi connectivity index (χ1) is 14.9. The molecule has 0 aliphatic carbocycles.